The zero-order valence-electron chi connectivity index (χ0n) is 12.4. The Bertz CT molecular complexity index is 954. The number of fused-ring (bicyclic) bond motifs is 3. The molecule has 1 aliphatic rings. The van der Waals surface area contributed by atoms with Gasteiger partial charge in [-0.25, -0.2) is 4.98 Å². The van der Waals surface area contributed by atoms with Crippen molar-refractivity contribution in [1.29, 1.82) is 5.41 Å². The number of nitrogens with zero attached hydrogens (tertiary/aromatic N) is 3. The molecule has 0 radical (unpaired) electrons. The van der Waals surface area contributed by atoms with Gasteiger partial charge in [0.15, 0.2) is 0 Å². The number of benzene rings is 1. The summed E-state index contributed by atoms with van der Waals surface area (Å²) in [5.41, 5.74) is 14.9. The van der Waals surface area contributed by atoms with Gasteiger partial charge in [-0.15, -0.1) is 0 Å². The van der Waals surface area contributed by atoms with Crippen LogP contribution in [0.4, 0.5) is 5.82 Å². The lowest BCUT2D eigenvalue weighted by molar-refractivity contribution is -0.0283. The van der Waals surface area contributed by atoms with Gasteiger partial charge in [0.1, 0.15) is 11.3 Å². The number of anilines is 1. The van der Waals surface area contributed by atoms with E-state index in [2.05, 4.69) is 10.1 Å². The van der Waals surface area contributed by atoms with Gasteiger partial charge in [-0.05, 0) is 23.8 Å². The fourth-order valence-electron chi connectivity index (χ4n) is 2.72. The molecule has 116 valence electrons. The van der Waals surface area contributed by atoms with Crippen LogP contribution >= 0.6 is 0 Å². The predicted octanol–water partition coefficient (Wildman–Crippen LogP) is 1.69. The molecule has 7 heteroatoms. The van der Waals surface area contributed by atoms with Gasteiger partial charge < -0.3 is 21.6 Å². The van der Waals surface area contributed by atoms with Crippen LogP contribution in [0.25, 0.3) is 27.5 Å². The van der Waals surface area contributed by atoms with Crippen molar-refractivity contribution in [3.8, 4) is 0 Å². The number of nitrogen functional groups attached to an aromatic ring is 1. The van der Waals surface area contributed by atoms with E-state index in [0.29, 0.717) is 24.7 Å². The second-order valence-corrected chi connectivity index (χ2v) is 5.58. The summed E-state index contributed by atoms with van der Waals surface area (Å²) in [5, 5.41) is 13.6. The van der Waals surface area contributed by atoms with E-state index in [1.807, 2.05) is 29.1 Å². The summed E-state index contributed by atoms with van der Waals surface area (Å²) < 4.78 is 7.13. The number of aromatic nitrogens is 3. The Labute approximate surface area is 132 Å². The maximum atomic E-state index is 7.11. The van der Waals surface area contributed by atoms with Crippen LogP contribution in [0.5, 0.6) is 0 Å². The highest BCUT2D eigenvalue weighted by Crippen LogP contribution is 2.30. The van der Waals surface area contributed by atoms with E-state index in [4.69, 9.17) is 21.6 Å². The molecule has 7 nitrogen and oxygen atoms in total. The molecular weight excluding hydrogens is 292 g/mol. The normalized spacial score (nSPS) is 15.9. The van der Waals surface area contributed by atoms with Crippen molar-refractivity contribution >= 4 is 39.5 Å². The zero-order chi connectivity index (χ0) is 16.0. The quantitative estimate of drug-likeness (QED) is 0.637. The van der Waals surface area contributed by atoms with Gasteiger partial charge >= 0.3 is 0 Å². The lowest BCUT2D eigenvalue weighted by Gasteiger charge is -2.25. The highest BCUT2D eigenvalue weighted by molar-refractivity contribution is 6.08. The Morgan fingerprint density at radius 2 is 2.17 bits per heavy atom. The summed E-state index contributed by atoms with van der Waals surface area (Å²) in [6.45, 7) is 1.35. The third-order valence-electron chi connectivity index (χ3n) is 4.09. The minimum absolute atomic E-state index is 0.266. The highest BCUT2D eigenvalue weighted by Gasteiger charge is 2.22. The largest absolute Gasteiger partial charge is 0.398 e. The number of allylic oxidation sites excluding steroid dienone is 1. The van der Waals surface area contributed by atoms with Crippen molar-refractivity contribution in [3.05, 3.63) is 36.0 Å². The standard InChI is InChI=1S/C16H16N6O/c17-4-3-13(18)9-1-2-11-14(5-9)20-16(19)12-6-22(21-15(11)12)10-7-23-8-10/h1-6,10,17H,7-8,18H2,(H2,19,20). The number of pyridine rings is 1. The molecule has 0 saturated carbocycles. The maximum absolute atomic E-state index is 7.11. The second-order valence-electron chi connectivity index (χ2n) is 5.58. The van der Waals surface area contributed by atoms with Crippen molar-refractivity contribution in [1.82, 2.24) is 14.8 Å². The molecule has 1 fully saturated rings. The van der Waals surface area contributed by atoms with Crippen LogP contribution in [0.15, 0.2) is 30.5 Å². The number of rotatable bonds is 3. The van der Waals surface area contributed by atoms with Gasteiger partial charge in [-0.3, -0.25) is 4.68 Å². The minimum Gasteiger partial charge on any atom is -0.398 e. The molecule has 1 aromatic carbocycles. The van der Waals surface area contributed by atoms with Crippen LogP contribution < -0.4 is 11.5 Å². The Kier molecular flexibility index (Phi) is 3.02. The van der Waals surface area contributed by atoms with Crippen LogP contribution in [-0.2, 0) is 4.74 Å². The van der Waals surface area contributed by atoms with E-state index in [1.165, 1.54) is 6.08 Å². The van der Waals surface area contributed by atoms with E-state index in [9.17, 15) is 0 Å². The Hall–Kier alpha value is -2.93. The van der Waals surface area contributed by atoms with Crippen molar-refractivity contribution in [3.63, 3.8) is 0 Å². The first kappa shape index (κ1) is 13.7. The van der Waals surface area contributed by atoms with Crippen molar-refractivity contribution < 1.29 is 4.74 Å². The van der Waals surface area contributed by atoms with Gasteiger partial charge in [-0.2, -0.15) is 5.10 Å². The predicted molar refractivity (Wildman–Crippen MR) is 90.3 cm³/mol. The lowest BCUT2D eigenvalue weighted by Crippen LogP contribution is -2.30. The van der Waals surface area contributed by atoms with Crippen molar-refractivity contribution in [2.75, 3.05) is 18.9 Å². The molecule has 0 amide bonds. The van der Waals surface area contributed by atoms with E-state index in [-0.39, 0.29) is 6.04 Å². The average Bonchev–Trinajstić information content (AvgIpc) is 2.90. The van der Waals surface area contributed by atoms with Gasteiger partial charge in [0, 0.05) is 23.5 Å². The molecule has 3 aromatic rings. The summed E-state index contributed by atoms with van der Waals surface area (Å²) in [6.07, 6.45) is 4.63. The van der Waals surface area contributed by atoms with Crippen LogP contribution in [0.1, 0.15) is 11.6 Å². The molecule has 5 N–H and O–H groups in total. The van der Waals surface area contributed by atoms with E-state index >= 15 is 0 Å². The number of hydrogen-bond acceptors (Lipinski definition) is 6. The highest BCUT2D eigenvalue weighted by atomic mass is 16.5. The Morgan fingerprint density at radius 1 is 1.35 bits per heavy atom. The summed E-state index contributed by atoms with van der Waals surface area (Å²) in [5.74, 6) is 0.450. The Balaban J connectivity index is 1.92. The topological polar surface area (TPSA) is 116 Å². The third kappa shape index (κ3) is 2.13. The first-order chi connectivity index (χ1) is 11.2. The first-order valence-electron chi connectivity index (χ1n) is 7.30. The van der Waals surface area contributed by atoms with Crippen molar-refractivity contribution in [2.45, 2.75) is 6.04 Å². The third-order valence-corrected chi connectivity index (χ3v) is 4.09. The minimum atomic E-state index is 0.266. The zero-order valence-corrected chi connectivity index (χ0v) is 12.4. The summed E-state index contributed by atoms with van der Waals surface area (Å²) >= 11 is 0. The Morgan fingerprint density at radius 3 is 2.87 bits per heavy atom. The fraction of sp³-hybridized carbons (Fsp3) is 0.188. The SMILES string of the molecule is N=CC=C(N)c1ccc2c(c1)nc(N)c1cn(C3COC3)nc12. The van der Waals surface area contributed by atoms with Crippen LogP contribution in [-0.4, -0.2) is 34.2 Å². The molecule has 23 heavy (non-hydrogen) atoms. The monoisotopic (exact) mass is 308 g/mol. The van der Waals surface area contributed by atoms with Gasteiger partial charge in [-0.1, -0.05) is 6.07 Å². The molecule has 0 unspecified atom stereocenters. The molecule has 1 aliphatic heterocycles. The fourth-order valence-corrected chi connectivity index (χ4v) is 2.72. The van der Waals surface area contributed by atoms with E-state index in [1.54, 1.807) is 0 Å². The summed E-state index contributed by atoms with van der Waals surface area (Å²) in [4.78, 5) is 4.48. The van der Waals surface area contributed by atoms with E-state index in [0.717, 1.165) is 33.6 Å². The molecule has 0 spiro atoms. The smallest absolute Gasteiger partial charge is 0.135 e. The number of ether oxygens (including phenoxy) is 1. The summed E-state index contributed by atoms with van der Waals surface area (Å²) in [7, 11) is 0. The van der Waals surface area contributed by atoms with Gasteiger partial charge in [0.25, 0.3) is 0 Å². The maximum Gasteiger partial charge on any atom is 0.135 e. The molecule has 0 bridgehead atoms. The molecule has 0 atom stereocenters. The average molecular weight is 308 g/mol. The van der Waals surface area contributed by atoms with Gasteiger partial charge in [0.2, 0.25) is 0 Å². The van der Waals surface area contributed by atoms with Crippen LogP contribution in [0.2, 0.25) is 0 Å². The number of hydrogen-bond donors (Lipinski definition) is 3. The van der Waals surface area contributed by atoms with Crippen LogP contribution in [0.3, 0.4) is 0 Å². The van der Waals surface area contributed by atoms with Gasteiger partial charge in [0.05, 0.1) is 30.2 Å². The lowest BCUT2D eigenvalue weighted by atomic mass is 10.1. The molecular formula is C16H16N6O. The number of nitrogens with one attached hydrogen (secondary N) is 1. The van der Waals surface area contributed by atoms with Crippen LogP contribution in [0, 0.1) is 5.41 Å². The molecule has 1 saturated heterocycles. The second kappa shape index (κ2) is 5.06. The molecule has 3 heterocycles. The molecule has 0 aliphatic carbocycles. The van der Waals surface area contributed by atoms with E-state index < -0.39 is 0 Å². The van der Waals surface area contributed by atoms with Crippen molar-refractivity contribution in [2.24, 2.45) is 5.73 Å². The first-order valence-corrected chi connectivity index (χ1v) is 7.30. The molecule has 4 rings (SSSR count). The summed E-state index contributed by atoms with van der Waals surface area (Å²) in [6, 6.07) is 5.98. The number of nitrogens with two attached hydrogens (primary N) is 2. The molecule has 2 aromatic heterocycles.